The van der Waals surface area contributed by atoms with Crippen LogP contribution >= 0.6 is 11.3 Å². The zero-order valence-corrected chi connectivity index (χ0v) is 23.4. The Bertz CT molecular complexity index is 1610. The van der Waals surface area contributed by atoms with Crippen molar-refractivity contribution in [3.63, 3.8) is 0 Å². The van der Waals surface area contributed by atoms with Gasteiger partial charge in [-0.2, -0.15) is 5.26 Å². The van der Waals surface area contributed by atoms with Crippen molar-refractivity contribution in [3.05, 3.63) is 95.9 Å². The summed E-state index contributed by atoms with van der Waals surface area (Å²) in [5, 5.41) is 10.2. The lowest BCUT2D eigenvalue weighted by atomic mass is 9.83. The molecule has 38 heavy (non-hydrogen) atoms. The molecule has 7 heteroatoms. The molecule has 1 aliphatic heterocycles. The Balaban J connectivity index is 2.01. The molecule has 6 nitrogen and oxygen atoms in total. The second kappa shape index (κ2) is 10.8. The molecule has 1 atom stereocenters. The summed E-state index contributed by atoms with van der Waals surface area (Å²) in [4.78, 5) is 27.1. The first-order valence-electron chi connectivity index (χ1n) is 12.8. The van der Waals surface area contributed by atoms with Gasteiger partial charge in [-0.25, -0.2) is 4.79 Å². The number of fused-ring (bicyclic) bond motifs is 1. The van der Waals surface area contributed by atoms with Crippen molar-refractivity contribution in [2.45, 2.75) is 65.4 Å². The zero-order chi connectivity index (χ0) is 27.7. The average Bonchev–Trinajstić information content (AvgIpc) is 3.19. The van der Waals surface area contributed by atoms with Gasteiger partial charge in [0.1, 0.15) is 10.5 Å². The molecule has 0 spiro atoms. The smallest absolute Gasteiger partial charge is 0.338 e. The fraction of sp³-hybridized carbons (Fsp3) is 0.323. The minimum Gasteiger partial charge on any atom is -0.460 e. The molecule has 0 saturated heterocycles. The molecular formula is C31H33N3O3S. The van der Waals surface area contributed by atoms with Crippen LogP contribution in [0.2, 0.25) is 0 Å². The number of nitriles is 1. The van der Waals surface area contributed by atoms with Crippen LogP contribution in [0.1, 0.15) is 81.5 Å². The van der Waals surface area contributed by atoms with E-state index in [1.807, 2.05) is 48.5 Å². The average molecular weight is 528 g/mol. The van der Waals surface area contributed by atoms with Crippen LogP contribution in [0.3, 0.4) is 0 Å². The number of thiazole rings is 1. The number of esters is 1. The standard InChI is InChI=1S/C31H33N3O3S/c1-17(2)21-9-7-20(8-10-21)15-25-29(35)34-28(33)24(16-32)26(23-13-11-22(12-14-23)18(3)4)27(30(34)38-25)31(36)37-19(5)6/h7-15,17-19,26H,33H2,1-6H3. The molecule has 2 N–H and O–H groups in total. The summed E-state index contributed by atoms with van der Waals surface area (Å²) < 4.78 is 7.72. The normalized spacial score (nSPS) is 15.8. The number of nitrogens with two attached hydrogens (primary N) is 1. The van der Waals surface area contributed by atoms with E-state index < -0.39 is 11.9 Å². The summed E-state index contributed by atoms with van der Waals surface area (Å²) in [5.41, 5.74) is 10.5. The van der Waals surface area contributed by atoms with Gasteiger partial charge in [-0.05, 0) is 54.0 Å². The molecule has 4 rings (SSSR count). The van der Waals surface area contributed by atoms with Crippen LogP contribution in [-0.4, -0.2) is 16.6 Å². The molecule has 0 amide bonds. The van der Waals surface area contributed by atoms with E-state index in [4.69, 9.17) is 10.5 Å². The van der Waals surface area contributed by atoms with E-state index in [2.05, 4.69) is 33.8 Å². The van der Waals surface area contributed by atoms with Crippen LogP contribution in [-0.2, 0) is 9.53 Å². The fourth-order valence-corrected chi connectivity index (χ4v) is 5.72. The van der Waals surface area contributed by atoms with Crippen molar-refractivity contribution in [2.75, 3.05) is 0 Å². The molecule has 0 fully saturated rings. The van der Waals surface area contributed by atoms with Gasteiger partial charge in [0.2, 0.25) is 0 Å². The number of nitrogens with zero attached hydrogens (tertiary/aromatic N) is 2. The largest absolute Gasteiger partial charge is 0.460 e. The van der Waals surface area contributed by atoms with E-state index in [0.29, 0.717) is 21.0 Å². The van der Waals surface area contributed by atoms with E-state index in [-0.39, 0.29) is 28.6 Å². The Kier molecular flexibility index (Phi) is 7.75. The van der Waals surface area contributed by atoms with Crippen LogP contribution in [0.5, 0.6) is 0 Å². The van der Waals surface area contributed by atoms with Gasteiger partial charge >= 0.3 is 5.97 Å². The predicted octanol–water partition coefficient (Wildman–Crippen LogP) is 4.54. The molecule has 1 aliphatic rings. The van der Waals surface area contributed by atoms with Gasteiger partial charge in [0.05, 0.1) is 33.8 Å². The lowest BCUT2D eigenvalue weighted by molar-refractivity contribution is -0.140. The number of allylic oxidation sites excluding steroid dienone is 1. The molecule has 3 aromatic rings. The van der Waals surface area contributed by atoms with E-state index in [9.17, 15) is 14.9 Å². The Labute approximate surface area is 227 Å². The first kappa shape index (κ1) is 27.2. The number of hydrogen-bond donors (Lipinski definition) is 1. The van der Waals surface area contributed by atoms with E-state index in [0.717, 1.165) is 16.7 Å². The van der Waals surface area contributed by atoms with Gasteiger partial charge < -0.3 is 10.5 Å². The Hall–Kier alpha value is -3.89. The number of carbonyl (C=O) groups excluding carboxylic acids is 1. The van der Waals surface area contributed by atoms with Crippen LogP contribution in [0.15, 0.2) is 58.9 Å². The first-order valence-corrected chi connectivity index (χ1v) is 13.6. The summed E-state index contributed by atoms with van der Waals surface area (Å²) in [6, 6.07) is 18.0. The summed E-state index contributed by atoms with van der Waals surface area (Å²) in [6.07, 6.45) is 1.41. The lowest BCUT2D eigenvalue weighted by Gasteiger charge is -2.25. The number of benzene rings is 2. The summed E-state index contributed by atoms with van der Waals surface area (Å²) >= 11 is 1.19. The van der Waals surface area contributed by atoms with E-state index in [1.165, 1.54) is 21.5 Å². The van der Waals surface area contributed by atoms with Crippen molar-refractivity contribution in [3.8, 4) is 6.07 Å². The molecule has 1 aromatic heterocycles. The molecule has 2 aromatic carbocycles. The van der Waals surface area contributed by atoms with Crippen LogP contribution < -0.4 is 20.5 Å². The lowest BCUT2D eigenvalue weighted by Crippen LogP contribution is -2.40. The van der Waals surface area contributed by atoms with Gasteiger partial charge in [-0.1, -0.05) is 76.2 Å². The van der Waals surface area contributed by atoms with Gasteiger partial charge in [0.15, 0.2) is 0 Å². The second-order valence-corrected chi connectivity index (χ2v) is 11.4. The number of hydrogen-bond acceptors (Lipinski definition) is 6. The third kappa shape index (κ3) is 5.09. The van der Waals surface area contributed by atoms with E-state index in [1.54, 1.807) is 19.9 Å². The van der Waals surface area contributed by atoms with Crippen molar-refractivity contribution >= 4 is 34.8 Å². The Morgan fingerprint density at radius 2 is 1.55 bits per heavy atom. The highest BCUT2D eigenvalue weighted by Crippen LogP contribution is 2.37. The Morgan fingerprint density at radius 1 is 1.00 bits per heavy atom. The summed E-state index contributed by atoms with van der Waals surface area (Å²) in [5.74, 6) is -0.549. The highest BCUT2D eigenvalue weighted by molar-refractivity contribution is 7.07. The first-order chi connectivity index (χ1) is 18.0. The van der Waals surface area contributed by atoms with Crippen molar-refractivity contribution in [1.82, 2.24) is 4.57 Å². The van der Waals surface area contributed by atoms with Crippen molar-refractivity contribution in [1.29, 1.82) is 5.26 Å². The molecule has 0 bridgehead atoms. The maximum absolute atomic E-state index is 13.6. The summed E-state index contributed by atoms with van der Waals surface area (Å²) in [7, 11) is 0. The van der Waals surface area contributed by atoms with Gasteiger partial charge in [-0.3, -0.25) is 9.36 Å². The maximum Gasteiger partial charge on any atom is 0.338 e. The molecule has 2 heterocycles. The topological polar surface area (TPSA) is 98.1 Å². The molecule has 1 unspecified atom stereocenters. The monoisotopic (exact) mass is 527 g/mol. The van der Waals surface area contributed by atoms with Gasteiger partial charge in [0, 0.05) is 0 Å². The fourth-order valence-electron chi connectivity index (χ4n) is 4.56. The van der Waals surface area contributed by atoms with Gasteiger partial charge in [-0.15, -0.1) is 11.3 Å². The molecule has 0 radical (unpaired) electrons. The predicted molar refractivity (Wildman–Crippen MR) is 153 cm³/mol. The highest BCUT2D eigenvalue weighted by Gasteiger charge is 2.36. The number of ether oxygens (including phenoxy) is 1. The zero-order valence-electron chi connectivity index (χ0n) is 22.6. The molecular weight excluding hydrogens is 494 g/mol. The third-order valence-electron chi connectivity index (χ3n) is 6.67. The third-order valence-corrected chi connectivity index (χ3v) is 7.78. The molecule has 196 valence electrons. The van der Waals surface area contributed by atoms with Crippen LogP contribution in [0.4, 0.5) is 0 Å². The van der Waals surface area contributed by atoms with Crippen LogP contribution in [0, 0.1) is 11.3 Å². The molecule has 0 aliphatic carbocycles. The minimum absolute atomic E-state index is 0.0394. The Morgan fingerprint density at radius 3 is 2.05 bits per heavy atom. The van der Waals surface area contributed by atoms with Crippen molar-refractivity contribution < 1.29 is 9.53 Å². The van der Waals surface area contributed by atoms with Gasteiger partial charge in [0.25, 0.3) is 5.56 Å². The SMILES string of the molecule is CC(C)OC(=O)C1=c2sc(=Cc3ccc(C(C)C)cc3)c(=O)n2C(N)=C(C#N)C1c1ccc(C(C)C)cc1. The van der Waals surface area contributed by atoms with E-state index >= 15 is 0 Å². The number of carbonyl (C=O) groups is 1. The second-order valence-electron chi connectivity index (χ2n) is 10.4. The summed E-state index contributed by atoms with van der Waals surface area (Å²) in [6.45, 7) is 12.0. The van der Waals surface area contributed by atoms with Crippen LogP contribution in [0.25, 0.3) is 17.5 Å². The number of aromatic nitrogens is 1. The minimum atomic E-state index is -0.747. The van der Waals surface area contributed by atoms with Crippen molar-refractivity contribution in [2.24, 2.45) is 5.73 Å². The quantitative estimate of drug-likeness (QED) is 0.475. The molecule has 0 saturated carbocycles. The number of rotatable bonds is 6. The highest BCUT2D eigenvalue weighted by atomic mass is 32.1. The maximum atomic E-state index is 13.6.